The number of anilines is 1. The first kappa shape index (κ1) is 27.4. The highest BCUT2D eigenvalue weighted by Gasteiger charge is 2.22. The Morgan fingerprint density at radius 1 is 1.00 bits per heavy atom. The fraction of sp³-hybridized carbons (Fsp3) is 0.324. The van der Waals surface area contributed by atoms with E-state index >= 15 is 0 Å². The Morgan fingerprint density at radius 3 is 2.21 bits per heavy atom. The van der Waals surface area contributed by atoms with E-state index in [1.165, 1.54) is 47.0 Å². The minimum absolute atomic E-state index is 0.637. The topological polar surface area (TPSA) is 33.6 Å². The van der Waals surface area contributed by atoms with Gasteiger partial charge in [0.25, 0.3) is 0 Å². The summed E-state index contributed by atoms with van der Waals surface area (Å²) < 4.78 is 0. The van der Waals surface area contributed by atoms with Crippen LogP contribution in [0, 0.1) is 11.3 Å². The van der Waals surface area contributed by atoms with Gasteiger partial charge in [0.05, 0.1) is 6.34 Å². The van der Waals surface area contributed by atoms with E-state index in [0.29, 0.717) is 5.92 Å². The lowest BCUT2D eigenvalue weighted by Crippen LogP contribution is -2.33. The Labute approximate surface area is 229 Å². The number of benzene rings is 2. The molecular weight excluding hydrogens is 464 g/mol. The average molecular weight is 507 g/mol. The van der Waals surface area contributed by atoms with Gasteiger partial charge in [-0.15, -0.1) is 0 Å². The second kappa shape index (κ2) is 13.3. The van der Waals surface area contributed by atoms with Crippen molar-refractivity contribution in [2.75, 3.05) is 24.5 Å². The molecule has 0 radical (unpaired) electrons. The van der Waals surface area contributed by atoms with Crippen LogP contribution in [0.5, 0.6) is 0 Å². The van der Waals surface area contributed by atoms with Gasteiger partial charge >= 0.3 is 0 Å². The summed E-state index contributed by atoms with van der Waals surface area (Å²) in [4.78, 5) is 6.69. The summed E-state index contributed by atoms with van der Waals surface area (Å²) in [5.74, 6) is 0.637. The molecule has 0 amide bonds. The first-order valence-corrected chi connectivity index (χ1v) is 13.8. The zero-order chi connectivity index (χ0) is 26.9. The zero-order valence-corrected chi connectivity index (χ0v) is 23.1. The minimum atomic E-state index is 0.637. The summed E-state index contributed by atoms with van der Waals surface area (Å²) in [5.41, 5.74) is 8.89. The first-order valence-electron chi connectivity index (χ1n) is 13.8. The lowest BCUT2D eigenvalue weighted by Gasteiger charge is -2.33. The van der Waals surface area contributed by atoms with Crippen molar-refractivity contribution in [1.29, 1.82) is 5.41 Å². The smallest absolute Gasteiger partial charge is 0.0902 e. The quantitative estimate of drug-likeness (QED) is 0.264. The van der Waals surface area contributed by atoms with Crippen LogP contribution in [-0.2, 0) is 13.1 Å². The molecule has 0 saturated carbocycles. The summed E-state index contributed by atoms with van der Waals surface area (Å²) in [6.45, 7) is 17.3. The molecule has 1 saturated heterocycles. The van der Waals surface area contributed by atoms with Crippen LogP contribution in [0.3, 0.4) is 0 Å². The molecule has 38 heavy (non-hydrogen) atoms. The van der Waals surface area contributed by atoms with Gasteiger partial charge in [-0.3, -0.25) is 10.3 Å². The first-order chi connectivity index (χ1) is 18.5. The van der Waals surface area contributed by atoms with Gasteiger partial charge in [-0.05, 0) is 104 Å². The highest BCUT2D eigenvalue weighted by molar-refractivity contribution is 5.79. The number of allylic oxidation sites excluding steroid dienone is 5. The fourth-order valence-electron chi connectivity index (χ4n) is 5.35. The van der Waals surface area contributed by atoms with Gasteiger partial charge in [-0.2, -0.15) is 0 Å². The maximum atomic E-state index is 7.48. The van der Waals surface area contributed by atoms with Crippen molar-refractivity contribution in [3.8, 4) is 0 Å². The largest absolute Gasteiger partial charge is 0.373 e. The molecule has 4 nitrogen and oxygen atoms in total. The molecule has 1 N–H and O–H groups in total. The van der Waals surface area contributed by atoms with Crippen LogP contribution in [0.15, 0.2) is 103 Å². The van der Waals surface area contributed by atoms with E-state index in [9.17, 15) is 0 Å². The summed E-state index contributed by atoms with van der Waals surface area (Å²) in [6.07, 6.45) is 15.8. The number of nitrogens with zero attached hydrogens (tertiary/aromatic N) is 3. The zero-order valence-electron chi connectivity index (χ0n) is 23.1. The van der Waals surface area contributed by atoms with E-state index in [0.717, 1.165) is 50.4 Å². The minimum Gasteiger partial charge on any atom is -0.373 e. The molecule has 0 spiro atoms. The van der Waals surface area contributed by atoms with Crippen LogP contribution >= 0.6 is 0 Å². The molecule has 4 heteroatoms. The molecule has 0 aromatic heterocycles. The van der Waals surface area contributed by atoms with Gasteiger partial charge in [0.2, 0.25) is 0 Å². The third-order valence-electron chi connectivity index (χ3n) is 7.74. The van der Waals surface area contributed by atoms with Gasteiger partial charge in [0, 0.05) is 31.5 Å². The molecule has 0 bridgehead atoms. The van der Waals surface area contributed by atoms with Crippen molar-refractivity contribution in [3.63, 3.8) is 0 Å². The SMILES string of the molecule is C=CN(C=N)c1ccc(CN2CCC(C(=C/C)/C=C3/C=CN(Cc4ccc(C(=C)C)cc4)CC3)CC2)cc1. The highest BCUT2D eigenvalue weighted by Crippen LogP contribution is 2.29. The van der Waals surface area contributed by atoms with E-state index in [4.69, 9.17) is 5.41 Å². The molecular formula is C34H42N4. The predicted molar refractivity (Wildman–Crippen MR) is 163 cm³/mol. The van der Waals surface area contributed by atoms with Crippen LogP contribution in [0.1, 0.15) is 49.8 Å². The van der Waals surface area contributed by atoms with E-state index in [1.54, 1.807) is 11.1 Å². The molecule has 2 aliphatic heterocycles. The Kier molecular flexibility index (Phi) is 9.56. The molecule has 2 aliphatic rings. The molecule has 0 aliphatic carbocycles. The van der Waals surface area contributed by atoms with Crippen LogP contribution in [0.2, 0.25) is 0 Å². The molecule has 2 aromatic carbocycles. The van der Waals surface area contributed by atoms with Gasteiger partial charge in [0.15, 0.2) is 0 Å². The van der Waals surface area contributed by atoms with Crippen molar-refractivity contribution in [1.82, 2.24) is 9.80 Å². The number of piperidine rings is 1. The fourth-order valence-corrected chi connectivity index (χ4v) is 5.35. The number of hydrogen-bond donors (Lipinski definition) is 1. The van der Waals surface area contributed by atoms with Crippen molar-refractivity contribution in [3.05, 3.63) is 120 Å². The predicted octanol–water partition coefficient (Wildman–Crippen LogP) is 7.78. The molecule has 2 heterocycles. The van der Waals surface area contributed by atoms with Gasteiger partial charge < -0.3 is 9.80 Å². The van der Waals surface area contributed by atoms with Gasteiger partial charge in [-0.25, -0.2) is 0 Å². The van der Waals surface area contributed by atoms with Crippen LogP contribution in [-0.4, -0.2) is 35.8 Å². The average Bonchev–Trinajstić information content (AvgIpc) is 2.95. The Morgan fingerprint density at radius 2 is 1.66 bits per heavy atom. The molecule has 1 fully saturated rings. The van der Waals surface area contributed by atoms with Gasteiger partial charge in [-0.1, -0.05) is 67.3 Å². The second-order valence-electron chi connectivity index (χ2n) is 10.5. The molecule has 0 unspecified atom stereocenters. The lowest BCUT2D eigenvalue weighted by atomic mass is 9.87. The third kappa shape index (κ3) is 7.23. The molecule has 2 aromatic rings. The van der Waals surface area contributed by atoms with E-state index in [2.05, 4.69) is 110 Å². The summed E-state index contributed by atoms with van der Waals surface area (Å²) in [7, 11) is 0. The third-order valence-corrected chi connectivity index (χ3v) is 7.74. The Hall–Kier alpha value is -3.63. The van der Waals surface area contributed by atoms with E-state index in [1.807, 2.05) is 0 Å². The summed E-state index contributed by atoms with van der Waals surface area (Å²) >= 11 is 0. The molecule has 0 atom stereocenters. The highest BCUT2D eigenvalue weighted by atomic mass is 15.1. The number of nitrogens with one attached hydrogen (secondary N) is 1. The second-order valence-corrected chi connectivity index (χ2v) is 10.5. The number of rotatable bonds is 10. The number of hydrogen-bond acceptors (Lipinski definition) is 3. The van der Waals surface area contributed by atoms with Crippen molar-refractivity contribution < 1.29 is 0 Å². The standard InChI is InChI=1S/C34H42N4/c1-5-31(23-28-15-19-36(20-16-28)24-29-7-11-32(12-8-29)27(3)4)33-17-21-37(22-18-33)25-30-9-13-34(14-10-30)38(6-2)26-35/h5-15,19,23,26,33,35H,2-3,16-18,20-22,24-25H2,1,4H3/b28-23-,31-5+,35-26?. The van der Waals surface area contributed by atoms with E-state index in [-0.39, 0.29) is 0 Å². The molecule has 198 valence electrons. The monoisotopic (exact) mass is 506 g/mol. The Balaban J connectivity index is 1.27. The maximum absolute atomic E-state index is 7.48. The van der Waals surface area contributed by atoms with Crippen molar-refractivity contribution in [2.24, 2.45) is 5.92 Å². The number of likely N-dealkylation sites (tertiary alicyclic amines) is 1. The lowest BCUT2D eigenvalue weighted by molar-refractivity contribution is 0.192. The molecule has 4 rings (SSSR count). The van der Waals surface area contributed by atoms with Crippen LogP contribution < -0.4 is 4.90 Å². The van der Waals surface area contributed by atoms with Crippen LogP contribution in [0.4, 0.5) is 5.69 Å². The van der Waals surface area contributed by atoms with Crippen molar-refractivity contribution in [2.45, 2.75) is 46.2 Å². The summed E-state index contributed by atoms with van der Waals surface area (Å²) in [5, 5.41) is 7.48. The normalized spacial score (nSPS) is 18.0. The summed E-state index contributed by atoms with van der Waals surface area (Å²) in [6, 6.07) is 17.3. The maximum Gasteiger partial charge on any atom is 0.0902 e. The Bertz CT molecular complexity index is 1180. The van der Waals surface area contributed by atoms with E-state index < -0.39 is 0 Å². The van der Waals surface area contributed by atoms with Gasteiger partial charge in [0.1, 0.15) is 0 Å². The van der Waals surface area contributed by atoms with Crippen LogP contribution in [0.25, 0.3) is 5.57 Å². The van der Waals surface area contributed by atoms with Crippen molar-refractivity contribution >= 4 is 17.6 Å².